The lowest BCUT2D eigenvalue weighted by atomic mass is 9.89. The molecule has 2 aromatic heterocycles. The molecule has 0 saturated carbocycles. The van der Waals surface area contributed by atoms with Crippen LogP contribution in [-0.2, 0) is 9.59 Å². The van der Waals surface area contributed by atoms with Gasteiger partial charge in [0.15, 0.2) is 5.65 Å². The van der Waals surface area contributed by atoms with Crippen molar-refractivity contribution in [1.82, 2.24) is 24.5 Å². The number of rotatable bonds is 3. The van der Waals surface area contributed by atoms with E-state index in [2.05, 4.69) is 31.9 Å². The number of nitrogen functional groups attached to an aromatic ring is 1. The van der Waals surface area contributed by atoms with Crippen molar-refractivity contribution in [3.05, 3.63) is 12.4 Å². The fourth-order valence-electron chi connectivity index (χ4n) is 4.06. The Labute approximate surface area is 169 Å². The third-order valence-corrected chi connectivity index (χ3v) is 5.57. The summed E-state index contributed by atoms with van der Waals surface area (Å²) in [6, 6.07) is 2.68. The SMILES string of the molecule is CC(C1CCN(c2cc3nncn3c(N)n2)CC1)N1CCCC1.O=CO.O=CO. The summed E-state index contributed by atoms with van der Waals surface area (Å²) in [4.78, 5) is 26.2. The first-order valence-corrected chi connectivity index (χ1v) is 9.66. The smallest absolute Gasteiger partial charge is 0.290 e. The van der Waals surface area contributed by atoms with Crippen LogP contribution in [0.25, 0.3) is 5.65 Å². The molecular formula is C18H29N7O4. The predicted molar refractivity (Wildman–Crippen MR) is 108 cm³/mol. The Morgan fingerprint density at radius 3 is 2.31 bits per heavy atom. The summed E-state index contributed by atoms with van der Waals surface area (Å²) in [6.07, 6.45) is 6.77. The van der Waals surface area contributed by atoms with Crippen LogP contribution in [-0.4, -0.2) is 79.9 Å². The zero-order valence-electron chi connectivity index (χ0n) is 16.6. The molecule has 0 spiro atoms. The summed E-state index contributed by atoms with van der Waals surface area (Å²) in [5.74, 6) is 2.17. The quantitative estimate of drug-likeness (QED) is 0.624. The number of nitrogens with two attached hydrogens (primary N) is 1. The first kappa shape index (κ1) is 22.3. The van der Waals surface area contributed by atoms with E-state index in [1.165, 1.54) is 38.8 Å². The number of piperidine rings is 1. The van der Waals surface area contributed by atoms with Gasteiger partial charge in [0.25, 0.3) is 12.9 Å². The van der Waals surface area contributed by atoms with Crippen molar-refractivity contribution in [3.63, 3.8) is 0 Å². The average molecular weight is 407 g/mol. The summed E-state index contributed by atoms with van der Waals surface area (Å²) in [7, 11) is 0. The van der Waals surface area contributed by atoms with Gasteiger partial charge < -0.3 is 25.7 Å². The number of carboxylic acid groups (broad SMARTS) is 2. The van der Waals surface area contributed by atoms with Gasteiger partial charge in [0.05, 0.1) is 0 Å². The average Bonchev–Trinajstić information content (AvgIpc) is 3.41. The lowest BCUT2D eigenvalue weighted by molar-refractivity contribution is -0.123. The van der Waals surface area contributed by atoms with Gasteiger partial charge in [-0.3, -0.25) is 14.0 Å². The molecule has 0 bridgehead atoms. The normalized spacial score (nSPS) is 18.3. The molecule has 2 fully saturated rings. The molecule has 29 heavy (non-hydrogen) atoms. The molecule has 2 aliphatic heterocycles. The summed E-state index contributed by atoms with van der Waals surface area (Å²) in [5.41, 5.74) is 6.77. The molecule has 2 aromatic rings. The van der Waals surface area contributed by atoms with Gasteiger partial charge in [0.2, 0.25) is 5.95 Å². The van der Waals surface area contributed by atoms with Gasteiger partial charge in [-0.05, 0) is 51.6 Å². The molecule has 4 heterocycles. The standard InChI is InChI=1S/C16H25N7.2CH2O2/c1-12(21-6-2-3-7-21)13-4-8-22(9-5-13)14-10-15-20-18-11-23(15)16(17)19-14;2*2-1-3/h10-13H,2-9H2,1H3,(H2,17,19);2*1H,(H,2,3). The second-order valence-corrected chi connectivity index (χ2v) is 7.05. The van der Waals surface area contributed by atoms with Crippen LogP contribution in [0.3, 0.4) is 0 Å². The van der Waals surface area contributed by atoms with E-state index < -0.39 is 0 Å². The van der Waals surface area contributed by atoms with Crippen LogP contribution in [0, 0.1) is 5.92 Å². The van der Waals surface area contributed by atoms with E-state index in [-0.39, 0.29) is 12.9 Å². The minimum absolute atomic E-state index is 0.250. The Kier molecular flexibility index (Phi) is 8.59. The number of fused-ring (bicyclic) bond motifs is 1. The van der Waals surface area contributed by atoms with Crippen molar-refractivity contribution in [2.75, 3.05) is 36.8 Å². The van der Waals surface area contributed by atoms with Crippen molar-refractivity contribution < 1.29 is 19.8 Å². The van der Waals surface area contributed by atoms with Gasteiger partial charge in [-0.2, -0.15) is 4.98 Å². The number of aromatic nitrogens is 4. The molecule has 1 atom stereocenters. The molecule has 2 saturated heterocycles. The molecule has 0 amide bonds. The van der Waals surface area contributed by atoms with Gasteiger partial charge in [0.1, 0.15) is 12.1 Å². The number of hydrogen-bond donors (Lipinski definition) is 3. The van der Waals surface area contributed by atoms with E-state index >= 15 is 0 Å². The highest BCUT2D eigenvalue weighted by atomic mass is 16.3. The Morgan fingerprint density at radius 2 is 1.72 bits per heavy atom. The Balaban J connectivity index is 0.000000449. The number of carbonyl (C=O) groups is 2. The highest BCUT2D eigenvalue weighted by molar-refractivity contribution is 5.55. The Hall–Kier alpha value is -2.95. The van der Waals surface area contributed by atoms with Gasteiger partial charge in [0, 0.05) is 25.2 Å². The van der Waals surface area contributed by atoms with Crippen molar-refractivity contribution in [1.29, 1.82) is 0 Å². The first-order chi connectivity index (χ1) is 14.0. The Morgan fingerprint density at radius 1 is 1.14 bits per heavy atom. The third-order valence-electron chi connectivity index (χ3n) is 5.57. The van der Waals surface area contributed by atoms with Gasteiger partial charge in [-0.15, -0.1) is 10.2 Å². The van der Waals surface area contributed by atoms with Crippen LogP contribution < -0.4 is 10.6 Å². The monoisotopic (exact) mass is 407 g/mol. The van der Waals surface area contributed by atoms with Crippen LogP contribution >= 0.6 is 0 Å². The number of likely N-dealkylation sites (tertiary alicyclic amines) is 1. The first-order valence-electron chi connectivity index (χ1n) is 9.66. The predicted octanol–water partition coefficient (Wildman–Crippen LogP) is 0.809. The summed E-state index contributed by atoms with van der Waals surface area (Å²) in [5, 5.41) is 21.8. The topological polar surface area (TPSA) is 150 Å². The van der Waals surface area contributed by atoms with Gasteiger partial charge in [-0.1, -0.05) is 0 Å². The van der Waals surface area contributed by atoms with E-state index in [1.54, 1.807) is 10.7 Å². The molecule has 4 rings (SSSR count). The Bertz CT molecular complexity index is 765. The molecule has 160 valence electrons. The molecule has 1 unspecified atom stereocenters. The van der Waals surface area contributed by atoms with Crippen LogP contribution in [0.4, 0.5) is 11.8 Å². The lowest BCUT2D eigenvalue weighted by Crippen LogP contribution is -2.43. The van der Waals surface area contributed by atoms with E-state index in [0.717, 1.165) is 30.5 Å². The maximum atomic E-state index is 8.36. The summed E-state index contributed by atoms with van der Waals surface area (Å²) < 4.78 is 1.71. The molecule has 4 N–H and O–H groups in total. The van der Waals surface area contributed by atoms with Crippen molar-refractivity contribution >= 4 is 30.4 Å². The van der Waals surface area contributed by atoms with Gasteiger partial charge >= 0.3 is 0 Å². The van der Waals surface area contributed by atoms with E-state index in [4.69, 9.17) is 25.5 Å². The minimum atomic E-state index is -0.250. The number of anilines is 2. The summed E-state index contributed by atoms with van der Waals surface area (Å²) in [6.45, 7) is 6.55. The zero-order valence-corrected chi connectivity index (χ0v) is 16.6. The highest BCUT2D eigenvalue weighted by Crippen LogP contribution is 2.28. The van der Waals surface area contributed by atoms with Crippen molar-refractivity contribution in [2.24, 2.45) is 5.92 Å². The number of hydrogen-bond acceptors (Lipinski definition) is 8. The maximum absolute atomic E-state index is 8.36. The lowest BCUT2D eigenvalue weighted by Gasteiger charge is -2.38. The van der Waals surface area contributed by atoms with Crippen molar-refractivity contribution in [2.45, 2.75) is 38.6 Å². The van der Waals surface area contributed by atoms with Gasteiger partial charge in [-0.25, -0.2) is 0 Å². The van der Waals surface area contributed by atoms with E-state index in [9.17, 15) is 0 Å². The molecular weight excluding hydrogens is 378 g/mol. The van der Waals surface area contributed by atoms with Crippen LogP contribution in [0.15, 0.2) is 12.4 Å². The molecule has 2 aliphatic rings. The molecule has 0 aliphatic carbocycles. The fraction of sp³-hybridized carbons (Fsp3) is 0.611. The number of nitrogens with zero attached hydrogens (tertiary/aromatic N) is 6. The minimum Gasteiger partial charge on any atom is -0.483 e. The molecule has 0 aromatic carbocycles. The highest BCUT2D eigenvalue weighted by Gasteiger charge is 2.29. The third kappa shape index (κ3) is 5.76. The van der Waals surface area contributed by atoms with E-state index in [0.29, 0.717) is 12.0 Å². The van der Waals surface area contributed by atoms with Crippen LogP contribution in [0.5, 0.6) is 0 Å². The van der Waals surface area contributed by atoms with Crippen LogP contribution in [0.1, 0.15) is 32.6 Å². The second-order valence-electron chi connectivity index (χ2n) is 7.05. The second kappa shape index (κ2) is 11.1. The van der Waals surface area contributed by atoms with E-state index in [1.807, 2.05) is 6.07 Å². The largest absolute Gasteiger partial charge is 0.483 e. The molecule has 11 nitrogen and oxygen atoms in total. The van der Waals surface area contributed by atoms with Crippen LogP contribution in [0.2, 0.25) is 0 Å². The molecule has 11 heteroatoms. The fourth-order valence-corrected chi connectivity index (χ4v) is 4.06. The zero-order chi connectivity index (χ0) is 21.2. The van der Waals surface area contributed by atoms with Crippen molar-refractivity contribution in [3.8, 4) is 0 Å². The summed E-state index contributed by atoms with van der Waals surface area (Å²) >= 11 is 0. The molecule has 0 radical (unpaired) electrons. The maximum Gasteiger partial charge on any atom is 0.290 e.